The van der Waals surface area contributed by atoms with Gasteiger partial charge in [0.15, 0.2) is 0 Å². The average Bonchev–Trinajstić information content (AvgIpc) is 2.18. The lowest BCUT2D eigenvalue weighted by Crippen LogP contribution is -2.22. The summed E-state index contributed by atoms with van der Waals surface area (Å²) in [4.78, 5) is 0. The third kappa shape index (κ3) is 4.45. The number of aliphatic hydroxyl groups excluding tert-OH is 1. The number of rotatable bonds is 5. The van der Waals surface area contributed by atoms with E-state index in [0.717, 1.165) is 13.0 Å². The largest absolute Gasteiger partial charge is 0.393 e. The summed E-state index contributed by atoms with van der Waals surface area (Å²) in [6.07, 6.45) is 0.582. The van der Waals surface area contributed by atoms with Crippen LogP contribution < -0.4 is 5.32 Å². The molecule has 0 heterocycles. The van der Waals surface area contributed by atoms with Gasteiger partial charge < -0.3 is 10.4 Å². The smallest absolute Gasteiger partial charge is 0.0524 e. The lowest BCUT2D eigenvalue weighted by Gasteiger charge is -2.15. The highest BCUT2D eigenvalue weighted by atomic mass is 16.3. The Morgan fingerprint density at radius 1 is 1.20 bits per heavy atom. The van der Waals surface area contributed by atoms with E-state index in [-0.39, 0.29) is 6.10 Å². The zero-order valence-corrected chi connectivity index (χ0v) is 9.83. The van der Waals surface area contributed by atoms with Gasteiger partial charge in [-0.2, -0.15) is 0 Å². The normalized spacial score (nSPS) is 14.9. The zero-order chi connectivity index (χ0) is 11.3. The maximum absolute atomic E-state index is 9.13. The second-order valence-corrected chi connectivity index (χ2v) is 4.22. The Kier molecular flexibility index (Phi) is 4.79. The summed E-state index contributed by atoms with van der Waals surface area (Å²) in [6.45, 7) is 6.91. The van der Waals surface area contributed by atoms with Crippen molar-refractivity contribution < 1.29 is 5.11 Å². The molecule has 0 aliphatic carbocycles. The maximum atomic E-state index is 9.13. The van der Waals surface area contributed by atoms with Gasteiger partial charge in [0.1, 0.15) is 0 Å². The molecule has 0 spiro atoms. The van der Waals surface area contributed by atoms with Crippen LogP contribution >= 0.6 is 0 Å². The summed E-state index contributed by atoms with van der Waals surface area (Å²) in [6, 6.07) is 8.90. The highest BCUT2D eigenvalue weighted by molar-refractivity contribution is 5.23. The van der Waals surface area contributed by atoms with Gasteiger partial charge in [-0.1, -0.05) is 29.8 Å². The van der Waals surface area contributed by atoms with E-state index >= 15 is 0 Å². The number of aryl methyl sites for hydroxylation is 1. The molecule has 0 aromatic heterocycles. The molecule has 1 rings (SSSR count). The van der Waals surface area contributed by atoms with Crippen LogP contribution in [0.4, 0.5) is 0 Å². The van der Waals surface area contributed by atoms with E-state index in [0.29, 0.717) is 6.04 Å². The minimum absolute atomic E-state index is 0.220. The molecule has 0 amide bonds. The molecule has 0 fully saturated rings. The number of aliphatic hydroxyl groups is 1. The van der Waals surface area contributed by atoms with E-state index in [9.17, 15) is 0 Å². The molecule has 2 nitrogen and oxygen atoms in total. The molecular weight excluding hydrogens is 186 g/mol. The van der Waals surface area contributed by atoms with Gasteiger partial charge >= 0.3 is 0 Å². The maximum Gasteiger partial charge on any atom is 0.0524 e. The number of hydrogen-bond donors (Lipinski definition) is 2. The van der Waals surface area contributed by atoms with Crippen LogP contribution in [0.1, 0.15) is 37.4 Å². The third-order valence-corrected chi connectivity index (χ3v) is 2.59. The van der Waals surface area contributed by atoms with Crippen LogP contribution in [0.5, 0.6) is 0 Å². The van der Waals surface area contributed by atoms with E-state index in [1.807, 2.05) is 6.92 Å². The highest BCUT2D eigenvalue weighted by Gasteiger charge is 2.04. The van der Waals surface area contributed by atoms with Crippen molar-refractivity contribution >= 4 is 0 Å². The topological polar surface area (TPSA) is 32.3 Å². The summed E-state index contributed by atoms with van der Waals surface area (Å²) in [5.41, 5.74) is 2.58. The molecular formula is C13H21NO. The van der Waals surface area contributed by atoms with Gasteiger partial charge in [0.2, 0.25) is 0 Å². The van der Waals surface area contributed by atoms with Gasteiger partial charge in [-0.05, 0) is 39.3 Å². The fourth-order valence-electron chi connectivity index (χ4n) is 1.48. The van der Waals surface area contributed by atoms with E-state index in [4.69, 9.17) is 5.11 Å². The molecule has 0 saturated carbocycles. The first-order chi connectivity index (χ1) is 7.09. The Hall–Kier alpha value is -0.860. The number of nitrogens with one attached hydrogen (secondary N) is 1. The minimum Gasteiger partial charge on any atom is -0.393 e. The van der Waals surface area contributed by atoms with Crippen LogP contribution in [-0.4, -0.2) is 17.8 Å². The van der Waals surface area contributed by atoms with Crippen molar-refractivity contribution in [2.24, 2.45) is 0 Å². The first-order valence-electron chi connectivity index (χ1n) is 5.57. The zero-order valence-electron chi connectivity index (χ0n) is 9.83. The average molecular weight is 207 g/mol. The Morgan fingerprint density at radius 3 is 2.33 bits per heavy atom. The van der Waals surface area contributed by atoms with E-state index in [1.54, 1.807) is 0 Å². The van der Waals surface area contributed by atoms with Gasteiger partial charge in [-0.25, -0.2) is 0 Å². The molecule has 15 heavy (non-hydrogen) atoms. The molecule has 2 atom stereocenters. The summed E-state index contributed by atoms with van der Waals surface area (Å²) in [5, 5.41) is 12.5. The van der Waals surface area contributed by atoms with Crippen molar-refractivity contribution in [1.29, 1.82) is 0 Å². The van der Waals surface area contributed by atoms with Crippen LogP contribution in [0.3, 0.4) is 0 Å². The predicted molar refractivity (Wildman–Crippen MR) is 63.9 cm³/mol. The molecule has 0 unspecified atom stereocenters. The number of hydrogen-bond acceptors (Lipinski definition) is 2. The summed E-state index contributed by atoms with van der Waals surface area (Å²) in [5.74, 6) is 0. The Labute approximate surface area is 92.3 Å². The summed E-state index contributed by atoms with van der Waals surface area (Å²) in [7, 11) is 0. The van der Waals surface area contributed by atoms with Crippen molar-refractivity contribution in [3.8, 4) is 0 Å². The fourth-order valence-corrected chi connectivity index (χ4v) is 1.48. The Morgan fingerprint density at radius 2 is 1.80 bits per heavy atom. The summed E-state index contributed by atoms with van der Waals surface area (Å²) < 4.78 is 0. The van der Waals surface area contributed by atoms with Gasteiger partial charge in [0.05, 0.1) is 6.10 Å². The van der Waals surface area contributed by atoms with E-state index in [2.05, 4.69) is 43.4 Å². The fraction of sp³-hybridized carbons (Fsp3) is 0.538. The van der Waals surface area contributed by atoms with Crippen molar-refractivity contribution in [2.45, 2.75) is 39.3 Å². The lowest BCUT2D eigenvalue weighted by atomic mass is 10.1. The molecule has 1 aromatic rings. The quantitative estimate of drug-likeness (QED) is 0.777. The standard InChI is InChI=1S/C13H21NO/c1-10-4-6-13(7-5-10)12(3)14-9-8-11(2)15/h4-7,11-12,14-15H,8-9H2,1-3H3/t11-,12+/m0/s1. The molecule has 0 aliphatic rings. The molecule has 0 aliphatic heterocycles. The highest BCUT2D eigenvalue weighted by Crippen LogP contribution is 2.12. The predicted octanol–water partition coefficient (Wildman–Crippen LogP) is 2.42. The van der Waals surface area contributed by atoms with Gasteiger partial charge in [-0.3, -0.25) is 0 Å². The molecule has 2 heteroatoms. The third-order valence-electron chi connectivity index (χ3n) is 2.59. The van der Waals surface area contributed by atoms with Crippen molar-refractivity contribution in [1.82, 2.24) is 5.32 Å². The molecule has 0 radical (unpaired) electrons. The van der Waals surface area contributed by atoms with Crippen LogP contribution in [0.25, 0.3) is 0 Å². The Balaban J connectivity index is 2.40. The van der Waals surface area contributed by atoms with Crippen molar-refractivity contribution in [2.75, 3.05) is 6.54 Å². The van der Waals surface area contributed by atoms with Gasteiger partial charge in [0, 0.05) is 6.04 Å². The monoisotopic (exact) mass is 207 g/mol. The van der Waals surface area contributed by atoms with E-state index < -0.39 is 0 Å². The Bertz CT molecular complexity index is 279. The van der Waals surface area contributed by atoms with Crippen LogP contribution in [0.2, 0.25) is 0 Å². The van der Waals surface area contributed by atoms with E-state index in [1.165, 1.54) is 11.1 Å². The minimum atomic E-state index is -0.220. The molecule has 2 N–H and O–H groups in total. The molecule has 0 saturated heterocycles. The molecule has 1 aromatic carbocycles. The van der Waals surface area contributed by atoms with Crippen LogP contribution in [-0.2, 0) is 0 Å². The lowest BCUT2D eigenvalue weighted by molar-refractivity contribution is 0.182. The van der Waals surface area contributed by atoms with Gasteiger partial charge in [-0.15, -0.1) is 0 Å². The summed E-state index contributed by atoms with van der Waals surface area (Å²) >= 11 is 0. The first-order valence-corrected chi connectivity index (χ1v) is 5.57. The molecule has 84 valence electrons. The second kappa shape index (κ2) is 5.89. The van der Waals surface area contributed by atoms with Crippen molar-refractivity contribution in [3.63, 3.8) is 0 Å². The second-order valence-electron chi connectivity index (χ2n) is 4.22. The first kappa shape index (κ1) is 12.2. The molecule has 0 bridgehead atoms. The number of benzene rings is 1. The SMILES string of the molecule is Cc1ccc([C@@H](C)NCC[C@H](C)O)cc1. The van der Waals surface area contributed by atoms with Crippen LogP contribution in [0.15, 0.2) is 24.3 Å². The van der Waals surface area contributed by atoms with Crippen LogP contribution in [0, 0.1) is 6.92 Å². The van der Waals surface area contributed by atoms with Crippen molar-refractivity contribution in [3.05, 3.63) is 35.4 Å². The van der Waals surface area contributed by atoms with Gasteiger partial charge in [0.25, 0.3) is 0 Å².